The first-order valence-electron chi connectivity index (χ1n) is 6.99. The molecule has 0 saturated carbocycles. The van der Waals surface area contributed by atoms with E-state index in [0.29, 0.717) is 17.8 Å². The van der Waals surface area contributed by atoms with Gasteiger partial charge in [-0.05, 0) is 20.8 Å². The molecule has 0 radical (unpaired) electrons. The molecule has 0 saturated heterocycles. The van der Waals surface area contributed by atoms with E-state index in [1.165, 1.54) is 10.9 Å². The number of hydrogen-bond donors (Lipinski definition) is 1. The van der Waals surface area contributed by atoms with Crippen molar-refractivity contribution in [2.24, 2.45) is 7.05 Å². The van der Waals surface area contributed by atoms with Crippen molar-refractivity contribution in [2.45, 2.75) is 33.4 Å². The minimum atomic E-state index is -0.566. The summed E-state index contributed by atoms with van der Waals surface area (Å²) in [6.45, 7) is 5.97. The van der Waals surface area contributed by atoms with Crippen LogP contribution in [0.1, 0.15) is 41.6 Å². The molecule has 0 aliphatic carbocycles. The fourth-order valence-corrected chi connectivity index (χ4v) is 1.83. The standard InChI is InChI=1S/C14H19N5O3/c1-5-19-8-11(12(17-19)14(21)22-9(2)3)16-13(20)10-6-15-18(4)7-10/h6-9H,5H2,1-4H3,(H,16,20). The van der Waals surface area contributed by atoms with Crippen LogP contribution in [0.3, 0.4) is 0 Å². The van der Waals surface area contributed by atoms with Crippen molar-refractivity contribution in [3.63, 3.8) is 0 Å². The minimum Gasteiger partial charge on any atom is -0.458 e. The molecule has 0 unspecified atom stereocenters. The van der Waals surface area contributed by atoms with E-state index in [9.17, 15) is 9.59 Å². The maximum atomic E-state index is 12.2. The zero-order valence-electron chi connectivity index (χ0n) is 13.0. The summed E-state index contributed by atoms with van der Waals surface area (Å²) in [5.41, 5.74) is 0.809. The summed E-state index contributed by atoms with van der Waals surface area (Å²) in [5, 5.41) is 10.8. The van der Waals surface area contributed by atoms with E-state index < -0.39 is 5.97 Å². The Morgan fingerprint density at radius 2 is 2.09 bits per heavy atom. The third-order valence-electron chi connectivity index (χ3n) is 2.84. The van der Waals surface area contributed by atoms with Crippen LogP contribution in [0.5, 0.6) is 0 Å². The van der Waals surface area contributed by atoms with Crippen LogP contribution in [0.25, 0.3) is 0 Å². The Bertz CT molecular complexity index is 686. The van der Waals surface area contributed by atoms with Gasteiger partial charge in [-0.15, -0.1) is 0 Å². The van der Waals surface area contributed by atoms with Gasteiger partial charge in [-0.25, -0.2) is 4.79 Å². The van der Waals surface area contributed by atoms with Crippen LogP contribution < -0.4 is 5.32 Å². The summed E-state index contributed by atoms with van der Waals surface area (Å²) in [4.78, 5) is 24.2. The highest BCUT2D eigenvalue weighted by Gasteiger charge is 2.21. The molecule has 0 bridgehead atoms. The van der Waals surface area contributed by atoms with Crippen molar-refractivity contribution in [3.05, 3.63) is 29.8 Å². The van der Waals surface area contributed by atoms with Gasteiger partial charge in [-0.3, -0.25) is 14.2 Å². The number of amides is 1. The summed E-state index contributed by atoms with van der Waals surface area (Å²) in [7, 11) is 1.72. The first kappa shape index (κ1) is 15.7. The van der Waals surface area contributed by atoms with E-state index in [-0.39, 0.29) is 17.7 Å². The molecule has 1 amide bonds. The fourth-order valence-electron chi connectivity index (χ4n) is 1.83. The van der Waals surface area contributed by atoms with Gasteiger partial charge in [0.25, 0.3) is 5.91 Å². The largest absolute Gasteiger partial charge is 0.458 e. The number of nitrogens with zero attached hydrogens (tertiary/aromatic N) is 4. The second-order valence-electron chi connectivity index (χ2n) is 5.06. The van der Waals surface area contributed by atoms with Gasteiger partial charge in [-0.1, -0.05) is 0 Å². The summed E-state index contributed by atoms with van der Waals surface area (Å²) in [6, 6.07) is 0. The van der Waals surface area contributed by atoms with E-state index in [0.717, 1.165) is 0 Å². The normalized spacial score (nSPS) is 10.8. The summed E-state index contributed by atoms with van der Waals surface area (Å²) in [6.07, 6.45) is 4.38. The van der Waals surface area contributed by atoms with Crippen LogP contribution in [0, 0.1) is 0 Å². The summed E-state index contributed by atoms with van der Waals surface area (Å²) < 4.78 is 8.23. The number of aromatic nitrogens is 4. The molecule has 0 fully saturated rings. The summed E-state index contributed by atoms with van der Waals surface area (Å²) >= 11 is 0. The molecule has 8 heteroatoms. The van der Waals surface area contributed by atoms with E-state index in [4.69, 9.17) is 4.74 Å². The predicted octanol–water partition coefficient (Wildman–Crippen LogP) is 1.45. The van der Waals surface area contributed by atoms with Crippen molar-refractivity contribution in [1.29, 1.82) is 0 Å². The van der Waals surface area contributed by atoms with E-state index >= 15 is 0 Å². The monoisotopic (exact) mass is 305 g/mol. The van der Waals surface area contributed by atoms with Crippen molar-refractivity contribution in [1.82, 2.24) is 19.6 Å². The third-order valence-corrected chi connectivity index (χ3v) is 2.84. The first-order valence-corrected chi connectivity index (χ1v) is 6.99. The predicted molar refractivity (Wildman–Crippen MR) is 79.6 cm³/mol. The number of carbonyl (C=O) groups excluding carboxylic acids is 2. The highest BCUT2D eigenvalue weighted by atomic mass is 16.5. The number of ether oxygens (including phenoxy) is 1. The van der Waals surface area contributed by atoms with E-state index in [1.807, 2.05) is 6.92 Å². The molecule has 2 rings (SSSR count). The molecule has 118 valence electrons. The number of carbonyl (C=O) groups is 2. The first-order chi connectivity index (χ1) is 10.4. The molecule has 2 heterocycles. The maximum Gasteiger partial charge on any atom is 0.361 e. The quantitative estimate of drug-likeness (QED) is 0.844. The smallest absolute Gasteiger partial charge is 0.361 e. The second-order valence-corrected chi connectivity index (χ2v) is 5.06. The lowest BCUT2D eigenvalue weighted by Crippen LogP contribution is -2.17. The average Bonchev–Trinajstić information content (AvgIpc) is 3.04. The lowest BCUT2D eigenvalue weighted by atomic mass is 10.3. The van der Waals surface area contributed by atoms with E-state index in [2.05, 4.69) is 15.5 Å². The molecule has 0 aromatic carbocycles. The molecule has 0 aliphatic heterocycles. The van der Waals surface area contributed by atoms with Crippen LogP contribution in [0.4, 0.5) is 5.69 Å². The van der Waals surface area contributed by atoms with Gasteiger partial charge in [0.15, 0.2) is 5.69 Å². The van der Waals surface area contributed by atoms with Gasteiger partial charge in [-0.2, -0.15) is 10.2 Å². The van der Waals surface area contributed by atoms with Crippen molar-refractivity contribution >= 4 is 17.6 Å². The number of esters is 1. The molecule has 0 atom stereocenters. The van der Waals surface area contributed by atoms with Crippen molar-refractivity contribution < 1.29 is 14.3 Å². The Hall–Kier alpha value is -2.64. The topological polar surface area (TPSA) is 91.0 Å². The van der Waals surface area contributed by atoms with Gasteiger partial charge in [0, 0.05) is 26.0 Å². The zero-order valence-corrected chi connectivity index (χ0v) is 13.0. The average molecular weight is 305 g/mol. The fraction of sp³-hybridized carbons (Fsp3) is 0.429. The van der Waals surface area contributed by atoms with Crippen LogP contribution in [-0.2, 0) is 18.3 Å². The number of anilines is 1. The SMILES string of the molecule is CCn1cc(NC(=O)c2cnn(C)c2)c(C(=O)OC(C)C)n1. The molecule has 2 aromatic rings. The van der Waals surface area contributed by atoms with E-state index in [1.54, 1.807) is 38.0 Å². The number of rotatable bonds is 5. The Kier molecular flexibility index (Phi) is 4.59. The lowest BCUT2D eigenvalue weighted by Gasteiger charge is -2.07. The van der Waals surface area contributed by atoms with Crippen LogP contribution in [0.15, 0.2) is 18.6 Å². The Morgan fingerprint density at radius 1 is 1.36 bits per heavy atom. The number of hydrogen-bond acceptors (Lipinski definition) is 5. The van der Waals surface area contributed by atoms with Gasteiger partial charge < -0.3 is 10.1 Å². The molecule has 1 N–H and O–H groups in total. The van der Waals surface area contributed by atoms with Gasteiger partial charge in [0.05, 0.1) is 23.6 Å². The number of nitrogens with one attached hydrogen (secondary N) is 1. The highest BCUT2D eigenvalue weighted by molar-refractivity contribution is 6.07. The molecule has 2 aromatic heterocycles. The van der Waals surface area contributed by atoms with Gasteiger partial charge in [0.2, 0.25) is 0 Å². The van der Waals surface area contributed by atoms with Crippen LogP contribution >= 0.6 is 0 Å². The molecule has 22 heavy (non-hydrogen) atoms. The van der Waals surface area contributed by atoms with Crippen molar-refractivity contribution in [3.8, 4) is 0 Å². The number of aryl methyl sites for hydroxylation is 2. The van der Waals surface area contributed by atoms with Crippen molar-refractivity contribution in [2.75, 3.05) is 5.32 Å². The Morgan fingerprint density at radius 3 is 2.64 bits per heavy atom. The summed E-state index contributed by atoms with van der Waals surface area (Å²) in [5.74, 6) is -0.925. The van der Waals surface area contributed by atoms with Gasteiger partial charge >= 0.3 is 5.97 Å². The maximum absolute atomic E-state index is 12.2. The van der Waals surface area contributed by atoms with Gasteiger partial charge in [0.1, 0.15) is 0 Å². The lowest BCUT2D eigenvalue weighted by molar-refractivity contribution is 0.0371. The Balaban J connectivity index is 2.24. The van der Waals surface area contributed by atoms with Crippen LogP contribution in [0.2, 0.25) is 0 Å². The second kappa shape index (κ2) is 6.42. The molecule has 0 spiro atoms. The molecular weight excluding hydrogens is 286 g/mol. The zero-order chi connectivity index (χ0) is 16.3. The molecule has 8 nitrogen and oxygen atoms in total. The molecule has 0 aliphatic rings. The Labute approximate surface area is 128 Å². The molecular formula is C14H19N5O3. The third kappa shape index (κ3) is 3.51. The van der Waals surface area contributed by atoms with Crippen LogP contribution in [-0.4, -0.2) is 37.5 Å². The highest BCUT2D eigenvalue weighted by Crippen LogP contribution is 2.17. The minimum absolute atomic E-state index is 0.0905.